The van der Waals surface area contributed by atoms with Crippen LogP contribution in [0.3, 0.4) is 0 Å². The zero-order valence-electron chi connectivity index (χ0n) is 29.2. The standard InChI is InChI=1S/C35H42F3N7O7/c1-4-21-16-43(8-9-44(21)33(49)27-25(46)7-6-22-30(27)51-18-39-22)28-24(5-2)45(17-26(47)40-23-15-20(14-19(23)3)35(36,37)38)32-31(29(28)48)52-34(41-32)42-10-12-50-13-11-42/h6-7,18-21,23,46H,4-5,8-17H2,1-3H3,(H,40,47)/t19-,20?,21?,23?/m0/s1. The molecule has 2 aliphatic heterocycles. The predicted molar refractivity (Wildman–Crippen MR) is 184 cm³/mol. The number of hydrogen-bond acceptors (Lipinski definition) is 11. The molecule has 0 bridgehead atoms. The summed E-state index contributed by atoms with van der Waals surface area (Å²) in [5, 5.41) is 13.5. The maximum Gasteiger partial charge on any atom is 0.391 e. The SMILES string of the molecule is CCc1c(N2CCN(C(=O)c3c(O)ccc4ncoc34)C(CC)C2)c(=O)c2oc(N3CCOCC3)nc2n1CC(=O)NC1CC(C(F)(F)F)C[C@@H]1C. The van der Waals surface area contributed by atoms with E-state index in [0.29, 0.717) is 56.0 Å². The van der Waals surface area contributed by atoms with Crippen LogP contribution in [0.4, 0.5) is 24.9 Å². The minimum atomic E-state index is -4.34. The van der Waals surface area contributed by atoms with Crippen molar-refractivity contribution in [1.82, 2.24) is 24.8 Å². The maximum absolute atomic E-state index is 14.4. The molecule has 5 heterocycles. The smallest absolute Gasteiger partial charge is 0.391 e. The number of pyridine rings is 1. The van der Waals surface area contributed by atoms with Crippen molar-refractivity contribution in [1.29, 1.82) is 0 Å². The molecule has 14 nitrogen and oxygen atoms in total. The lowest BCUT2D eigenvalue weighted by atomic mass is 10.0. The maximum atomic E-state index is 14.4. The summed E-state index contributed by atoms with van der Waals surface area (Å²) >= 11 is 0. The lowest BCUT2D eigenvalue weighted by Crippen LogP contribution is -2.56. The molecule has 3 unspecified atom stereocenters. The highest BCUT2D eigenvalue weighted by Gasteiger charge is 2.47. The third-order valence-corrected chi connectivity index (χ3v) is 10.7. The molecule has 7 rings (SSSR count). The first-order valence-corrected chi connectivity index (χ1v) is 17.8. The van der Waals surface area contributed by atoms with Crippen LogP contribution in [0.25, 0.3) is 22.3 Å². The molecule has 3 aliphatic rings. The van der Waals surface area contributed by atoms with Gasteiger partial charge in [0.05, 0.1) is 19.1 Å². The summed E-state index contributed by atoms with van der Waals surface area (Å²) < 4.78 is 59.3. The van der Waals surface area contributed by atoms with Gasteiger partial charge in [0.25, 0.3) is 11.9 Å². The first-order chi connectivity index (χ1) is 24.9. The quantitative estimate of drug-likeness (QED) is 0.269. The molecular formula is C35H42F3N7O7. The zero-order valence-corrected chi connectivity index (χ0v) is 29.2. The van der Waals surface area contributed by atoms with E-state index in [9.17, 15) is 32.7 Å². The van der Waals surface area contributed by atoms with Gasteiger partial charge in [-0.05, 0) is 43.7 Å². The summed E-state index contributed by atoms with van der Waals surface area (Å²) in [6, 6.07) is 2.15. The Balaban J connectivity index is 1.23. The summed E-state index contributed by atoms with van der Waals surface area (Å²) in [5.74, 6) is -3.00. The van der Waals surface area contributed by atoms with Crippen LogP contribution in [0.2, 0.25) is 0 Å². The topological polar surface area (TPSA) is 159 Å². The van der Waals surface area contributed by atoms with E-state index in [0.717, 1.165) is 0 Å². The van der Waals surface area contributed by atoms with E-state index in [4.69, 9.17) is 18.6 Å². The first kappa shape index (κ1) is 35.6. The number of morpholine rings is 1. The third kappa shape index (κ3) is 6.43. The summed E-state index contributed by atoms with van der Waals surface area (Å²) in [5.41, 5.74) is 1.18. The van der Waals surface area contributed by atoms with Crippen molar-refractivity contribution in [2.45, 2.75) is 71.3 Å². The highest BCUT2D eigenvalue weighted by atomic mass is 19.4. The molecule has 1 aromatic carbocycles. The second-order valence-electron chi connectivity index (χ2n) is 13.8. The van der Waals surface area contributed by atoms with Crippen molar-refractivity contribution < 1.29 is 41.4 Å². The van der Waals surface area contributed by atoms with Crippen LogP contribution in [0.1, 0.15) is 56.1 Å². The van der Waals surface area contributed by atoms with Gasteiger partial charge >= 0.3 is 6.18 Å². The van der Waals surface area contributed by atoms with Crippen molar-refractivity contribution in [2.24, 2.45) is 11.8 Å². The number of nitrogens with one attached hydrogen (secondary N) is 1. The normalized spacial score (nSPS) is 22.8. The number of amides is 2. The summed E-state index contributed by atoms with van der Waals surface area (Å²) in [4.78, 5) is 56.2. The molecule has 4 aromatic rings. The number of alkyl halides is 3. The Bertz CT molecular complexity index is 2040. The van der Waals surface area contributed by atoms with Crippen LogP contribution < -0.4 is 20.5 Å². The Kier molecular flexibility index (Phi) is 9.56. The molecule has 2 saturated heterocycles. The number of hydrogen-bond donors (Lipinski definition) is 2. The van der Waals surface area contributed by atoms with Crippen molar-refractivity contribution in [3.05, 3.63) is 40.0 Å². The number of halogens is 3. The van der Waals surface area contributed by atoms with Gasteiger partial charge < -0.3 is 43.3 Å². The van der Waals surface area contributed by atoms with Gasteiger partial charge in [-0.15, -0.1) is 0 Å². The number of oxazole rings is 2. The van der Waals surface area contributed by atoms with Gasteiger partial charge in [-0.3, -0.25) is 14.4 Å². The van der Waals surface area contributed by atoms with Crippen molar-refractivity contribution >= 4 is 45.8 Å². The zero-order chi connectivity index (χ0) is 36.9. The summed E-state index contributed by atoms with van der Waals surface area (Å²) in [7, 11) is 0. The number of fused-ring (bicyclic) bond motifs is 2. The first-order valence-electron chi connectivity index (χ1n) is 17.8. The van der Waals surface area contributed by atoms with Gasteiger partial charge in [0.1, 0.15) is 29.1 Å². The number of carbonyl (C=O) groups is 2. The highest BCUT2D eigenvalue weighted by molar-refractivity contribution is 6.06. The van der Waals surface area contributed by atoms with Crippen LogP contribution >= 0.6 is 0 Å². The number of anilines is 2. The number of piperazine rings is 1. The highest BCUT2D eigenvalue weighted by Crippen LogP contribution is 2.42. The summed E-state index contributed by atoms with van der Waals surface area (Å²) in [6.07, 6.45) is -2.54. The molecule has 4 atom stereocenters. The van der Waals surface area contributed by atoms with Gasteiger partial charge in [-0.1, -0.05) is 20.8 Å². The minimum absolute atomic E-state index is 0.0152. The Labute approximate surface area is 296 Å². The third-order valence-electron chi connectivity index (χ3n) is 10.7. The molecule has 3 aromatic heterocycles. The fraction of sp³-hybridized carbons (Fsp3) is 0.571. The molecule has 280 valence electrons. The van der Waals surface area contributed by atoms with E-state index in [-0.39, 0.29) is 85.1 Å². The van der Waals surface area contributed by atoms with E-state index < -0.39 is 35.4 Å². The van der Waals surface area contributed by atoms with Crippen LogP contribution in [-0.2, 0) is 22.5 Å². The number of carbonyl (C=O) groups excluding carboxylic acids is 2. The molecule has 1 aliphatic carbocycles. The lowest BCUT2D eigenvalue weighted by Gasteiger charge is -2.42. The number of aromatic hydroxyl groups is 1. The monoisotopic (exact) mass is 729 g/mol. The second-order valence-corrected chi connectivity index (χ2v) is 13.8. The molecule has 17 heteroatoms. The molecule has 0 radical (unpaired) electrons. The fourth-order valence-corrected chi connectivity index (χ4v) is 7.93. The number of phenols is 1. The van der Waals surface area contributed by atoms with Gasteiger partial charge in [-0.25, -0.2) is 4.98 Å². The van der Waals surface area contributed by atoms with Gasteiger partial charge in [0, 0.05) is 50.5 Å². The van der Waals surface area contributed by atoms with E-state index in [1.165, 1.54) is 12.5 Å². The average Bonchev–Trinajstić information content (AvgIpc) is 3.88. The number of benzene rings is 1. The van der Waals surface area contributed by atoms with Gasteiger partial charge in [-0.2, -0.15) is 18.2 Å². The van der Waals surface area contributed by atoms with Gasteiger partial charge in [0.15, 0.2) is 17.6 Å². The number of nitrogens with zero attached hydrogens (tertiary/aromatic N) is 6. The molecule has 2 N–H and O–H groups in total. The minimum Gasteiger partial charge on any atom is -0.507 e. The van der Waals surface area contributed by atoms with E-state index in [1.54, 1.807) is 22.5 Å². The molecule has 0 spiro atoms. The van der Waals surface area contributed by atoms with Crippen molar-refractivity contribution in [3.63, 3.8) is 0 Å². The number of phenolic OH excluding ortho intramolecular Hbond substituents is 1. The molecule has 2 amide bonds. The number of rotatable bonds is 8. The van der Waals surface area contributed by atoms with Crippen LogP contribution in [0.15, 0.2) is 32.2 Å². The Morgan fingerprint density at radius 3 is 2.52 bits per heavy atom. The molecule has 3 fully saturated rings. The fourth-order valence-electron chi connectivity index (χ4n) is 7.93. The Morgan fingerprint density at radius 1 is 1.06 bits per heavy atom. The molecular weight excluding hydrogens is 687 g/mol. The second kappa shape index (κ2) is 14.0. The molecule has 52 heavy (non-hydrogen) atoms. The van der Waals surface area contributed by atoms with E-state index in [2.05, 4.69) is 10.3 Å². The average molecular weight is 730 g/mol. The van der Waals surface area contributed by atoms with E-state index in [1.807, 2.05) is 23.6 Å². The van der Waals surface area contributed by atoms with Crippen molar-refractivity contribution in [3.8, 4) is 5.75 Å². The lowest BCUT2D eigenvalue weighted by molar-refractivity contribution is -0.173. The van der Waals surface area contributed by atoms with E-state index >= 15 is 0 Å². The predicted octanol–water partition coefficient (Wildman–Crippen LogP) is 4.07. The van der Waals surface area contributed by atoms with Crippen LogP contribution in [0.5, 0.6) is 5.75 Å². The van der Waals surface area contributed by atoms with Crippen molar-refractivity contribution in [2.75, 3.05) is 55.7 Å². The van der Waals surface area contributed by atoms with Gasteiger partial charge in [0.2, 0.25) is 16.9 Å². The molecule has 1 saturated carbocycles. The van der Waals surface area contributed by atoms with Crippen LogP contribution in [-0.4, -0.2) is 101 Å². The number of ether oxygens (including phenoxy) is 1. The number of aromatic nitrogens is 3. The largest absolute Gasteiger partial charge is 0.507 e. The Morgan fingerprint density at radius 2 is 1.83 bits per heavy atom. The van der Waals surface area contributed by atoms with Crippen LogP contribution in [0, 0.1) is 11.8 Å². The summed E-state index contributed by atoms with van der Waals surface area (Å²) in [6.45, 7) is 7.77. The Hall–Kier alpha value is -4.80.